The molecule has 8 nitrogen and oxygen atoms in total. The molecule has 0 atom stereocenters. The lowest BCUT2D eigenvalue weighted by molar-refractivity contribution is 0.0312. The zero-order chi connectivity index (χ0) is 27.3. The van der Waals surface area contributed by atoms with Gasteiger partial charge in [0, 0.05) is 44.4 Å². The lowest BCUT2D eigenvalue weighted by atomic mass is 9.95. The predicted octanol–water partition coefficient (Wildman–Crippen LogP) is 5.17. The van der Waals surface area contributed by atoms with E-state index in [1.165, 1.54) is 0 Å². The molecule has 1 saturated heterocycles. The van der Waals surface area contributed by atoms with Crippen molar-refractivity contribution in [1.82, 2.24) is 23.7 Å². The fourth-order valence-corrected chi connectivity index (χ4v) is 6.59. The highest BCUT2D eigenvalue weighted by Gasteiger charge is 2.38. The molecule has 1 N–H and O–H groups in total. The van der Waals surface area contributed by atoms with Crippen LogP contribution < -0.4 is 10.6 Å². The smallest absolute Gasteiger partial charge is 0.328 e. The third-order valence-corrected chi connectivity index (χ3v) is 8.55. The van der Waals surface area contributed by atoms with Crippen molar-refractivity contribution in [1.29, 1.82) is 0 Å². The predicted molar refractivity (Wildman–Crippen MR) is 155 cm³/mol. The molecule has 6 rings (SSSR count). The number of halogens is 1. The largest absolute Gasteiger partial charge is 0.386 e. The summed E-state index contributed by atoms with van der Waals surface area (Å²) in [5, 5.41) is 12.1. The zero-order valence-electron chi connectivity index (χ0n) is 22.6. The van der Waals surface area contributed by atoms with Gasteiger partial charge >= 0.3 is 5.69 Å². The summed E-state index contributed by atoms with van der Waals surface area (Å²) in [6.45, 7) is 11.2. The molecule has 3 aromatic heterocycles. The summed E-state index contributed by atoms with van der Waals surface area (Å²) in [5.74, 6) is 0.892. The Bertz CT molecular complexity index is 1810. The normalized spacial score (nSPS) is 15.6. The van der Waals surface area contributed by atoms with Crippen molar-refractivity contribution >= 4 is 50.7 Å². The Morgan fingerprint density at radius 1 is 1.08 bits per heavy atom. The van der Waals surface area contributed by atoms with Crippen LogP contribution in [0.3, 0.4) is 0 Å². The van der Waals surface area contributed by atoms with Crippen molar-refractivity contribution in [3.05, 3.63) is 56.8 Å². The topological polar surface area (TPSA) is 81.1 Å². The van der Waals surface area contributed by atoms with Crippen molar-refractivity contribution in [3.63, 3.8) is 0 Å². The van der Waals surface area contributed by atoms with Crippen LogP contribution in [0.2, 0.25) is 5.02 Å². The molecule has 198 valence electrons. The van der Waals surface area contributed by atoms with Crippen LogP contribution in [-0.2, 0) is 19.5 Å². The van der Waals surface area contributed by atoms with E-state index in [1.54, 1.807) is 34.6 Å². The monoisotopic (exact) mass is 550 g/mol. The van der Waals surface area contributed by atoms with E-state index in [9.17, 15) is 9.90 Å². The Balaban J connectivity index is 1.65. The molecular weight excluding hydrogens is 520 g/mol. The van der Waals surface area contributed by atoms with Gasteiger partial charge in [-0.25, -0.2) is 14.8 Å². The molecule has 0 unspecified atom stereocenters. The van der Waals surface area contributed by atoms with Crippen LogP contribution in [0.5, 0.6) is 0 Å². The van der Waals surface area contributed by atoms with Crippen LogP contribution in [0.1, 0.15) is 38.5 Å². The van der Waals surface area contributed by atoms with Gasteiger partial charge in [-0.3, -0.25) is 13.7 Å². The number of hydrogen-bond donors (Lipinski definition) is 1. The minimum absolute atomic E-state index is 0.0928. The standard InChI is InChI=1S/C28H31ClN6O2S/c1-15-30-12-23(38-15)17-10-19-20(11-18(17)29)35(25(31-19)27(2,3)4)16-8-21-24(33(7)26(36)32(21)6)22(9-16)34-13-28(5,37)14-34/h8-12,37H,13-14H2,1-7H3. The number of rotatable bonds is 3. The van der Waals surface area contributed by atoms with E-state index in [-0.39, 0.29) is 11.1 Å². The number of β-amino-alcohol motifs (C(OH)–C–C–N with tert-alkyl or cyclic N) is 1. The van der Waals surface area contributed by atoms with Crippen molar-refractivity contribution in [2.24, 2.45) is 14.1 Å². The first-order valence-corrected chi connectivity index (χ1v) is 13.8. The fraction of sp³-hybridized carbons (Fsp3) is 0.393. The van der Waals surface area contributed by atoms with Crippen molar-refractivity contribution in [3.8, 4) is 16.1 Å². The number of benzene rings is 2. The van der Waals surface area contributed by atoms with Gasteiger partial charge in [0.25, 0.3) is 0 Å². The molecule has 2 aromatic carbocycles. The van der Waals surface area contributed by atoms with Crippen LogP contribution in [0, 0.1) is 6.92 Å². The number of anilines is 1. The molecule has 4 heterocycles. The third kappa shape index (κ3) is 3.79. The average Bonchev–Trinajstić information content (AvgIpc) is 3.47. The number of thiazole rings is 1. The van der Waals surface area contributed by atoms with Crippen molar-refractivity contribution in [2.75, 3.05) is 18.0 Å². The lowest BCUT2D eigenvalue weighted by Gasteiger charge is -2.46. The molecule has 1 fully saturated rings. The molecule has 38 heavy (non-hydrogen) atoms. The number of aliphatic hydroxyl groups is 1. The summed E-state index contributed by atoms with van der Waals surface area (Å²) in [6.07, 6.45) is 1.85. The summed E-state index contributed by atoms with van der Waals surface area (Å²) >= 11 is 8.48. The first kappa shape index (κ1) is 25.2. The van der Waals surface area contributed by atoms with Gasteiger partial charge in [-0.1, -0.05) is 32.4 Å². The Morgan fingerprint density at radius 3 is 2.39 bits per heavy atom. The van der Waals surface area contributed by atoms with Gasteiger partial charge in [-0.15, -0.1) is 11.3 Å². The van der Waals surface area contributed by atoms with E-state index in [0.717, 1.165) is 54.7 Å². The van der Waals surface area contributed by atoms with Gasteiger partial charge in [-0.2, -0.15) is 0 Å². The van der Waals surface area contributed by atoms with E-state index in [0.29, 0.717) is 18.1 Å². The van der Waals surface area contributed by atoms with Crippen molar-refractivity contribution < 1.29 is 5.11 Å². The zero-order valence-corrected chi connectivity index (χ0v) is 24.2. The summed E-state index contributed by atoms with van der Waals surface area (Å²) in [7, 11) is 3.59. The number of imidazole rings is 2. The van der Waals surface area contributed by atoms with Crippen LogP contribution in [0.4, 0.5) is 5.69 Å². The van der Waals surface area contributed by atoms with E-state index >= 15 is 0 Å². The van der Waals surface area contributed by atoms with Crippen LogP contribution in [0.15, 0.2) is 35.3 Å². The highest BCUT2D eigenvalue weighted by atomic mass is 35.5. The molecule has 5 aromatic rings. The van der Waals surface area contributed by atoms with Gasteiger partial charge < -0.3 is 10.0 Å². The number of aromatic nitrogens is 5. The molecule has 0 bridgehead atoms. The van der Waals surface area contributed by atoms with Crippen LogP contribution >= 0.6 is 22.9 Å². The van der Waals surface area contributed by atoms with E-state index < -0.39 is 5.60 Å². The Kier molecular flexibility index (Phi) is 5.41. The number of nitrogens with zero attached hydrogens (tertiary/aromatic N) is 6. The van der Waals surface area contributed by atoms with Gasteiger partial charge in [0.1, 0.15) is 5.82 Å². The number of hydrogen-bond acceptors (Lipinski definition) is 6. The van der Waals surface area contributed by atoms with Crippen LogP contribution in [-0.4, -0.2) is 47.5 Å². The molecule has 0 radical (unpaired) electrons. The maximum absolute atomic E-state index is 13.0. The minimum Gasteiger partial charge on any atom is -0.386 e. The average molecular weight is 551 g/mol. The van der Waals surface area contributed by atoms with Crippen LogP contribution in [0.25, 0.3) is 38.2 Å². The minimum atomic E-state index is -0.757. The molecule has 0 saturated carbocycles. The number of fused-ring (bicyclic) bond motifs is 2. The summed E-state index contributed by atoms with van der Waals surface area (Å²) in [4.78, 5) is 25.6. The molecule has 1 aliphatic rings. The van der Waals surface area contributed by atoms with E-state index in [2.05, 4.69) is 41.3 Å². The molecule has 0 amide bonds. The molecule has 0 aliphatic carbocycles. The van der Waals surface area contributed by atoms with Gasteiger partial charge in [0.05, 0.1) is 54.0 Å². The van der Waals surface area contributed by atoms with Gasteiger partial charge in [0.15, 0.2) is 0 Å². The van der Waals surface area contributed by atoms with Gasteiger partial charge in [0.2, 0.25) is 0 Å². The summed E-state index contributed by atoms with van der Waals surface area (Å²) < 4.78 is 5.51. The first-order chi connectivity index (χ1) is 17.7. The Hall–Kier alpha value is -3.14. The lowest BCUT2D eigenvalue weighted by Crippen LogP contribution is -2.60. The second kappa shape index (κ2) is 8.18. The summed E-state index contributed by atoms with van der Waals surface area (Å²) in [6, 6.07) is 8.16. The number of aryl methyl sites for hydroxylation is 3. The highest BCUT2D eigenvalue weighted by Crippen LogP contribution is 2.40. The Morgan fingerprint density at radius 2 is 1.79 bits per heavy atom. The Labute approximate surface area is 229 Å². The SMILES string of the molecule is Cc1ncc(-c2cc3nc(C(C)(C)C)n(-c4cc(N5CC(C)(O)C5)c5c(c4)n(C)c(=O)n5C)c3cc2Cl)s1. The second-order valence-electron chi connectivity index (χ2n) is 11.7. The highest BCUT2D eigenvalue weighted by molar-refractivity contribution is 7.15. The maximum Gasteiger partial charge on any atom is 0.328 e. The second-order valence-corrected chi connectivity index (χ2v) is 13.3. The van der Waals surface area contributed by atoms with Gasteiger partial charge in [-0.05, 0) is 38.1 Å². The third-order valence-electron chi connectivity index (χ3n) is 7.29. The van der Waals surface area contributed by atoms with Crippen molar-refractivity contribution in [2.45, 2.75) is 45.6 Å². The molecule has 1 aliphatic heterocycles. The fourth-order valence-electron chi connectivity index (χ4n) is 5.47. The molecule has 0 spiro atoms. The summed E-state index contributed by atoms with van der Waals surface area (Å²) in [5.41, 5.74) is 5.00. The molecular formula is C28H31ClN6O2S. The van der Waals surface area contributed by atoms with E-state index in [1.807, 2.05) is 38.2 Å². The quantitative estimate of drug-likeness (QED) is 0.335. The van der Waals surface area contributed by atoms with E-state index in [4.69, 9.17) is 16.6 Å². The molecule has 10 heteroatoms. The first-order valence-electron chi connectivity index (χ1n) is 12.6. The maximum atomic E-state index is 13.0.